The molecular formula is C8H13NO2. The maximum absolute atomic E-state index is 10.7. The van der Waals surface area contributed by atoms with Gasteiger partial charge in [-0.1, -0.05) is 0 Å². The number of rotatable bonds is 1. The summed E-state index contributed by atoms with van der Waals surface area (Å²) in [5, 5.41) is 8.82. The summed E-state index contributed by atoms with van der Waals surface area (Å²) in [6, 6.07) is 0. The summed E-state index contributed by atoms with van der Waals surface area (Å²) in [7, 11) is 0. The highest BCUT2D eigenvalue weighted by Gasteiger charge is 2.52. The van der Waals surface area contributed by atoms with Crippen LogP contribution in [0.4, 0.5) is 0 Å². The highest BCUT2D eigenvalue weighted by molar-refractivity contribution is 5.72. The molecule has 3 nitrogen and oxygen atoms in total. The number of carboxylic acids is 1. The molecule has 0 aromatic rings. The zero-order valence-corrected chi connectivity index (χ0v) is 6.42. The molecule has 0 amide bonds. The van der Waals surface area contributed by atoms with Crippen LogP contribution in [-0.2, 0) is 4.79 Å². The van der Waals surface area contributed by atoms with Gasteiger partial charge in [-0.25, -0.2) is 0 Å². The van der Waals surface area contributed by atoms with Gasteiger partial charge >= 0.3 is 5.97 Å². The minimum absolute atomic E-state index is 0.263. The Morgan fingerprint density at radius 1 is 1.64 bits per heavy atom. The van der Waals surface area contributed by atoms with Crippen molar-refractivity contribution >= 4 is 5.97 Å². The van der Waals surface area contributed by atoms with Crippen molar-refractivity contribution in [3.05, 3.63) is 0 Å². The molecule has 2 bridgehead atoms. The lowest BCUT2D eigenvalue weighted by Gasteiger charge is -2.27. The average Bonchev–Trinajstić information content (AvgIpc) is 2.41. The summed E-state index contributed by atoms with van der Waals surface area (Å²) in [5.74, 6) is -0.364. The number of hydrogen-bond donors (Lipinski definition) is 2. The second-order valence-electron chi connectivity index (χ2n) is 3.97. The van der Waals surface area contributed by atoms with E-state index >= 15 is 0 Å². The van der Waals surface area contributed by atoms with E-state index in [1.165, 1.54) is 0 Å². The fourth-order valence-corrected chi connectivity index (χ4v) is 2.65. The van der Waals surface area contributed by atoms with Crippen molar-refractivity contribution in [2.75, 3.05) is 0 Å². The van der Waals surface area contributed by atoms with E-state index in [4.69, 9.17) is 10.8 Å². The molecule has 2 aliphatic carbocycles. The fraction of sp³-hybridized carbons (Fsp3) is 0.875. The number of aliphatic carboxylic acids is 1. The van der Waals surface area contributed by atoms with E-state index in [0.717, 1.165) is 25.7 Å². The molecule has 0 unspecified atom stereocenters. The molecule has 0 aromatic heterocycles. The molecule has 2 saturated carbocycles. The van der Waals surface area contributed by atoms with Crippen molar-refractivity contribution in [3.8, 4) is 0 Å². The van der Waals surface area contributed by atoms with E-state index < -0.39 is 5.97 Å². The number of carboxylic acid groups (broad SMARTS) is 1. The molecule has 62 valence electrons. The van der Waals surface area contributed by atoms with Crippen LogP contribution >= 0.6 is 0 Å². The van der Waals surface area contributed by atoms with Gasteiger partial charge in [0, 0.05) is 5.54 Å². The van der Waals surface area contributed by atoms with Crippen molar-refractivity contribution < 1.29 is 9.90 Å². The quantitative estimate of drug-likeness (QED) is 0.582. The Kier molecular flexibility index (Phi) is 1.27. The Morgan fingerprint density at radius 3 is 2.64 bits per heavy atom. The van der Waals surface area contributed by atoms with Crippen LogP contribution in [0.3, 0.4) is 0 Å². The smallest absolute Gasteiger partial charge is 0.308 e. The van der Waals surface area contributed by atoms with Gasteiger partial charge in [-0.3, -0.25) is 4.79 Å². The molecule has 0 saturated heterocycles. The Labute approximate surface area is 65.6 Å². The van der Waals surface area contributed by atoms with E-state index in [2.05, 4.69) is 0 Å². The van der Waals surface area contributed by atoms with Gasteiger partial charge in [0.1, 0.15) is 0 Å². The lowest BCUT2D eigenvalue weighted by molar-refractivity contribution is -0.143. The number of nitrogens with two attached hydrogens (primary N) is 1. The zero-order valence-electron chi connectivity index (χ0n) is 6.42. The zero-order chi connectivity index (χ0) is 8.06. The molecule has 3 N–H and O–H groups in total. The maximum Gasteiger partial charge on any atom is 0.308 e. The Balaban J connectivity index is 2.21. The molecule has 0 radical (unpaired) electrons. The third-order valence-electron chi connectivity index (χ3n) is 3.25. The van der Waals surface area contributed by atoms with Gasteiger partial charge < -0.3 is 10.8 Å². The number of carbonyl (C=O) groups is 1. The van der Waals surface area contributed by atoms with Crippen molar-refractivity contribution in [1.29, 1.82) is 0 Å². The van der Waals surface area contributed by atoms with Gasteiger partial charge in [-0.2, -0.15) is 0 Å². The molecule has 3 heteroatoms. The summed E-state index contributed by atoms with van der Waals surface area (Å²) in [6.45, 7) is 0. The largest absolute Gasteiger partial charge is 0.481 e. The first-order valence-electron chi connectivity index (χ1n) is 4.13. The van der Waals surface area contributed by atoms with Crippen LogP contribution in [0.5, 0.6) is 0 Å². The predicted octanol–water partition coefficient (Wildman–Crippen LogP) is 0.588. The molecule has 2 aliphatic rings. The Morgan fingerprint density at radius 2 is 2.36 bits per heavy atom. The molecule has 2 rings (SSSR count). The van der Waals surface area contributed by atoms with Crippen LogP contribution in [0.15, 0.2) is 0 Å². The molecular weight excluding hydrogens is 142 g/mol. The van der Waals surface area contributed by atoms with Crippen LogP contribution in [0.1, 0.15) is 25.7 Å². The molecule has 0 heterocycles. The number of fused-ring (bicyclic) bond motifs is 2. The molecule has 2 fully saturated rings. The molecule has 0 spiro atoms. The second-order valence-corrected chi connectivity index (χ2v) is 3.97. The van der Waals surface area contributed by atoms with Gasteiger partial charge in [-0.05, 0) is 31.6 Å². The van der Waals surface area contributed by atoms with Crippen molar-refractivity contribution in [3.63, 3.8) is 0 Å². The van der Waals surface area contributed by atoms with E-state index in [1.807, 2.05) is 0 Å². The molecule has 0 aliphatic heterocycles. The first-order chi connectivity index (χ1) is 5.12. The normalized spacial score (nSPS) is 48.1. The average molecular weight is 155 g/mol. The first kappa shape index (κ1) is 7.10. The van der Waals surface area contributed by atoms with Crippen LogP contribution in [0.2, 0.25) is 0 Å². The molecule has 11 heavy (non-hydrogen) atoms. The summed E-state index contributed by atoms with van der Waals surface area (Å²) in [5.41, 5.74) is 5.61. The highest BCUT2D eigenvalue weighted by Crippen LogP contribution is 2.49. The number of hydrogen-bond acceptors (Lipinski definition) is 2. The predicted molar refractivity (Wildman–Crippen MR) is 40.0 cm³/mol. The van der Waals surface area contributed by atoms with Gasteiger partial charge in [0.25, 0.3) is 0 Å². The van der Waals surface area contributed by atoms with E-state index in [1.54, 1.807) is 0 Å². The summed E-state index contributed by atoms with van der Waals surface area (Å²) in [6.07, 6.45) is 3.80. The second kappa shape index (κ2) is 1.97. The van der Waals surface area contributed by atoms with Crippen LogP contribution in [0.25, 0.3) is 0 Å². The third kappa shape index (κ3) is 0.872. The minimum Gasteiger partial charge on any atom is -0.481 e. The van der Waals surface area contributed by atoms with E-state index in [0.29, 0.717) is 5.92 Å². The van der Waals surface area contributed by atoms with Crippen molar-refractivity contribution in [2.24, 2.45) is 17.6 Å². The SMILES string of the molecule is N[C@@]12CC[C@@H](C[C@@H]1C(=O)O)C2. The van der Waals surface area contributed by atoms with E-state index in [9.17, 15) is 4.79 Å². The summed E-state index contributed by atoms with van der Waals surface area (Å²) < 4.78 is 0. The van der Waals surface area contributed by atoms with E-state index in [-0.39, 0.29) is 11.5 Å². The molecule has 3 atom stereocenters. The lowest BCUT2D eigenvalue weighted by atomic mass is 9.83. The maximum atomic E-state index is 10.7. The lowest BCUT2D eigenvalue weighted by Crippen LogP contribution is -2.45. The Hall–Kier alpha value is -0.570. The highest BCUT2D eigenvalue weighted by atomic mass is 16.4. The van der Waals surface area contributed by atoms with Crippen LogP contribution in [0, 0.1) is 11.8 Å². The van der Waals surface area contributed by atoms with Crippen molar-refractivity contribution in [1.82, 2.24) is 0 Å². The van der Waals surface area contributed by atoms with Gasteiger partial charge in [0.2, 0.25) is 0 Å². The summed E-state index contributed by atoms with van der Waals surface area (Å²) in [4.78, 5) is 10.7. The third-order valence-corrected chi connectivity index (χ3v) is 3.25. The monoisotopic (exact) mass is 155 g/mol. The fourth-order valence-electron chi connectivity index (χ4n) is 2.65. The van der Waals surface area contributed by atoms with Gasteiger partial charge in [0.15, 0.2) is 0 Å². The Bertz CT molecular complexity index is 204. The molecule has 0 aromatic carbocycles. The van der Waals surface area contributed by atoms with Crippen LogP contribution in [-0.4, -0.2) is 16.6 Å². The first-order valence-corrected chi connectivity index (χ1v) is 4.13. The van der Waals surface area contributed by atoms with Gasteiger partial charge in [-0.15, -0.1) is 0 Å². The standard InChI is InChI=1S/C8H13NO2/c9-8-2-1-5(4-8)3-6(8)7(10)11/h5-6H,1-4,9H2,(H,10,11)/t5-,6+,8+/m0/s1. The topological polar surface area (TPSA) is 63.3 Å². The van der Waals surface area contributed by atoms with Gasteiger partial charge in [0.05, 0.1) is 5.92 Å². The van der Waals surface area contributed by atoms with Crippen molar-refractivity contribution in [2.45, 2.75) is 31.2 Å². The summed E-state index contributed by atoms with van der Waals surface area (Å²) >= 11 is 0. The minimum atomic E-state index is -0.699. The van der Waals surface area contributed by atoms with Crippen LogP contribution < -0.4 is 5.73 Å².